The molecule has 1 atom stereocenters. The Bertz CT molecular complexity index is 748. The van der Waals surface area contributed by atoms with E-state index in [2.05, 4.69) is 10.2 Å². The number of rotatable bonds is 8. The Hall–Kier alpha value is -2.44. The van der Waals surface area contributed by atoms with Gasteiger partial charge in [0.05, 0.1) is 0 Å². The van der Waals surface area contributed by atoms with Crippen LogP contribution >= 0.6 is 0 Å². The highest BCUT2D eigenvalue weighted by molar-refractivity contribution is 5.78. The second-order valence-electron chi connectivity index (χ2n) is 7.17. The first-order valence-corrected chi connectivity index (χ1v) is 9.71. The topological polar surface area (TPSA) is 61.8 Å². The lowest BCUT2D eigenvalue weighted by molar-refractivity contribution is -0.126. The van der Waals surface area contributed by atoms with Gasteiger partial charge in [0.25, 0.3) is 0 Å². The standard InChI is InChI=1S/C22H27FN2O3/c23-20-8-4-5-9-21(20)28-16-19(26)15-25-12-10-18(11-13-25)22(27)24-14-17-6-2-1-3-7-17/h1-9,18-19,26H,10-16H2,(H,24,27). The van der Waals surface area contributed by atoms with E-state index in [0.29, 0.717) is 13.1 Å². The van der Waals surface area contributed by atoms with E-state index < -0.39 is 11.9 Å². The van der Waals surface area contributed by atoms with Gasteiger partial charge in [0.1, 0.15) is 12.7 Å². The fourth-order valence-electron chi connectivity index (χ4n) is 3.41. The third-order valence-corrected chi connectivity index (χ3v) is 5.00. The molecule has 0 radical (unpaired) electrons. The van der Waals surface area contributed by atoms with E-state index in [-0.39, 0.29) is 24.2 Å². The van der Waals surface area contributed by atoms with Gasteiger partial charge in [-0.1, -0.05) is 42.5 Å². The van der Waals surface area contributed by atoms with Crippen molar-refractivity contribution in [2.24, 2.45) is 5.92 Å². The van der Waals surface area contributed by atoms with Gasteiger partial charge in [-0.25, -0.2) is 4.39 Å². The van der Waals surface area contributed by atoms with Crippen LogP contribution in [0.2, 0.25) is 0 Å². The Morgan fingerprint density at radius 3 is 2.54 bits per heavy atom. The van der Waals surface area contributed by atoms with Crippen molar-refractivity contribution in [3.8, 4) is 5.75 Å². The number of likely N-dealkylation sites (tertiary alicyclic amines) is 1. The maximum atomic E-state index is 13.5. The van der Waals surface area contributed by atoms with Gasteiger partial charge in [-0.15, -0.1) is 0 Å². The molecule has 0 aromatic heterocycles. The number of aliphatic hydroxyl groups excluding tert-OH is 1. The van der Waals surface area contributed by atoms with Crippen molar-refractivity contribution in [1.82, 2.24) is 10.2 Å². The van der Waals surface area contributed by atoms with Crippen LogP contribution in [0.3, 0.4) is 0 Å². The first kappa shape index (κ1) is 20.3. The van der Waals surface area contributed by atoms with Crippen molar-refractivity contribution < 1.29 is 19.0 Å². The van der Waals surface area contributed by atoms with Crippen LogP contribution in [0.5, 0.6) is 5.75 Å². The Balaban J connectivity index is 1.35. The van der Waals surface area contributed by atoms with E-state index in [4.69, 9.17) is 4.74 Å². The number of benzene rings is 2. The summed E-state index contributed by atoms with van der Waals surface area (Å²) in [6, 6.07) is 16.0. The number of halogens is 1. The summed E-state index contributed by atoms with van der Waals surface area (Å²) in [6.45, 7) is 2.54. The molecular formula is C22H27FN2O3. The highest BCUT2D eigenvalue weighted by atomic mass is 19.1. The number of hydrogen-bond donors (Lipinski definition) is 2. The lowest BCUT2D eigenvalue weighted by atomic mass is 9.95. The smallest absolute Gasteiger partial charge is 0.223 e. The molecule has 1 aliphatic rings. The van der Waals surface area contributed by atoms with Crippen LogP contribution in [-0.2, 0) is 11.3 Å². The number of piperidine rings is 1. The van der Waals surface area contributed by atoms with Crippen LogP contribution in [0.4, 0.5) is 4.39 Å². The molecule has 1 fully saturated rings. The number of nitrogens with one attached hydrogen (secondary N) is 1. The first-order valence-electron chi connectivity index (χ1n) is 9.71. The molecule has 28 heavy (non-hydrogen) atoms. The second kappa shape index (κ2) is 10.2. The fourth-order valence-corrected chi connectivity index (χ4v) is 3.41. The van der Waals surface area contributed by atoms with E-state index in [9.17, 15) is 14.3 Å². The Morgan fingerprint density at radius 2 is 1.82 bits per heavy atom. The van der Waals surface area contributed by atoms with Crippen LogP contribution in [0.25, 0.3) is 0 Å². The molecule has 2 aromatic carbocycles. The average Bonchev–Trinajstić information content (AvgIpc) is 2.73. The SMILES string of the molecule is O=C(NCc1ccccc1)C1CCN(CC(O)COc2ccccc2F)CC1. The van der Waals surface area contributed by atoms with Crippen molar-refractivity contribution in [1.29, 1.82) is 0 Å². The average molecular weight is 386 g/mol. The van der Waals surface area contributed by atoms with Gasteiger partial charge in [0.2, 0.25) is 5.91 Å². The summed E-state index contributed by atoms with van der Waals surface area (Å²) in [5, 5.41) is 13.2. The monoisotopic (exact) mass is 386 g/mol. The molecule has 1 heterocycles. The van der Waals surface area contributed by atoms with Crippen molar-refractivity contribution >= 4 is 5.91 Å². The minimum atomic E-state index is -0.705. The van der Waals surface area contributed by atoms with Gasteiger partial charge < -0.3 is 20.1 Å². The third-order valence-electron chi connectivity index (χ3n) is 5.00. The largest absolute Gasteiger partial charge is 0.488 e. The Morgan fingerprint density at radius 1 is 1.14 bits per heavy atom. The molecule has 0 aliphatic carbocycles. The molecule has 5 nitrogen and oxygen atoms in total. The third kappa shape index (κ3) is 6.04. The van der Waals surface area contributed by atoms with E-state index in [0.717, 1.165) is 31.5 Å². The van der Waals surface area contributed by atoms with Crippen molar-refractivity contribution in [3.05, 3.63) is 66.0 Å². The lowest BCUT2D eigenvalue weighted by Crippen LogP contribution is -2.44. The van der Waals surface area contributed by atoms with Crippen LogP contribution in [0.1, 0.15) is 18.4 Å². The van der Waals surface area contributed by atoms with Crippen molar-refractivity contribution in [2.45, 2.75) is 25.5 Å². The second-order valence-corrected chi connectivity index (χ2v) is 7.17. The molecule has 0 saturated carbocycles. The minimum Gasteiger partial charge on any atom is -0.488 e. The maximum Gasteiger partial charge on any atom is 0.223 e. The molecular weight excluding hydrogens is 359 g/mol. The highest BCUT2D eigenvalue weighted by Crippen LogP contribution is 2.19. The normalized spacial score (nSPS) is 16.5. The molecule has 2 N–H and O–H groups in total. The predicted octanol–water partition coefficient (Wildman–Crippen LogP) is 2.59. The number of para-hydroxylation sites is 1. The van der Waals surface area contributed by atoms with Gasteiger partial charge in [0, 0.05) is 19.0 Å². The number of β-amino-alcohol motifs (C(OH)–C–C–N with tert-alkyl or cyclic N) is 1. The van der Waals surface area contributed by atoms with Crippen molar-refractivity contribution in [3.63, 3.8) is 0 Å². The summed E-state index contributed by atoms with van der Waals surface area (Å²) >= 11 is 0. The van der Waals surface area contributed by atoms with Gasteiger partial charge in [-0.2, -0.15) is 0 Å². The summed E-state index contributed by atoms with van der Waals surface area (Å²) in [7, 11) is 0. The van der Waals surface area contributed by atoms with Gasteiger partial charge in [-0.3, -0.25) is 4.79 Å². The molecule has 2 aromatic rings. The molecule has 1 amide bonds. The molecule has 0 spiro atoms. The number of nitrogens with zero attached hydrogens (tertiary/aromatic N) is 1. The van der Waals surface area contributed by atoms with E-state index in [1.165, 1.54) is 6.07 Å². The summed E-state index contributed by atoms with van der Waals surface area (Å²) in [5.74, 6) is -0.189. The van der Waals surface area contributed by atoms with Gasteiger partial charge in [0.15, 0.2) is 11.6 Å². The van der Waals surface area contributed by atoms with Crippen molar-refractivity contribution in [2.75, 3.05) is 26.2 Å². The van der Waals surface area contributed by atoms with E-state index in [1.807, 2.05) is 30.3 Å². The zero-order valence-corrected chi connectivity index (χ0v) is 15.9. The number of carbonyl (C=O) groups excluding carboxylic acids is 1. The number of amides is 1. The molecule has 1 aliphatic heterocycles. The fraction of sp³-hybridized carbons (Fsp3) is 0.409. The molecule has 0 bridgehead atoms. The molecule has 3 rings (SSSR count). The number of carbonyl (C=O) groups is 1. The highest BCUT2D eigenvalue weighted by Gasteiger charge is 2.26. The Labute approximate surface area is 165 Å². The van der Waals surface area contributed by atoms with E-state index in [1.54, 1.807) is 18.2 Å². The van der Waals surface area contributed by atoms with Crippen LogP contribution in [-0.4, -0.2) is 48.3 Å². The maximum absolute atomic E-state index is 13.5. The summed E-state index contributed by atoms with van der Waals surface area (Å²) in [5.41, 5.74) is 1.09. The zero-order chi connectivity index (χ0) is 19.8. The number of ether oxygens (including phenoxy) is 1. The number of aliphatic hydroxyl groups is 1. The summed E-state index contributed by atoms with van der Waals surface area (Å²) in [6.07, 6.45) is 0.825. The predicted molar refractivity (Wildman–Crippen MR) is 105 cm³/mol. The van der Waals surface area contributed by atoms with Crippen LogP contribution in [0, 0.1) is 11.7 Å². The molecule has 1 unspecified atom stereocenters. The Kier molecular flexibility index (Phi) is 7.39. The van der Waals surface area contributed by atoms with Gasteiger partial charge >= 0.3 is 0 Å². The van der Waals surface area contributed by atoms with Crippen LogP contribution in [0.15, 0.2) is 54.6 Å². The summed E-state index contributed by atoms with van der Waals surface area (Å²) < 4.78 is 18.9. The molecule has 1 saturated heterocycles. The van der Waals surface area contributed by atoms with E-state index >= 15 is 0 Å². The quantitative estimate of drug-likeness (QED) is 0.732. The zero-order valence-electron chi connectivity index (χ0n) is 15.9. The molecule has 150 valence electrons. The lowest BCUT2D eigenvalue weighted by Gasteiger charge is -2.32. The minimum absolute atomic E-state index is 0.00627. The summed E-state index contributed by atoms with van der Waals surface area (Å²) in [4.78, 5) is 14.5. The van der Waals surface area contributed by atoms with Gasteiger partial charge in [-0.05, 0) is 43.6 Å². The first-order chi connectivity index (χ1) is 13.6. The number of hydrogen-bond acceptors (Lipinski definition) is 4. The molecule has 6 heteroatoms. The van der Waals surface area contributed by atoms with Crippen LogP contribution < -0.4 is 10.1 Å².